The minimum Gasteiger partial charge on any atom is -0.487 e. The molecule has 0 fully saturated rings. The van der Waals surface area contributed by atoms with Crippen molar-refractivity contribution in [3.05, 3.63) is 65.4 Å². The van der Waals surface area contributed by atoms with Gasteiger partial charge in [-0.05, 0) is 55.3 Å². The molecule has 0 aliphatic heterocycles. The highest BCUT2D eigenvalue weighted by molar-refractivity contribution is 5.95. The molecule has 0 spiro atoms. The van der Waals surface area contributed by atoms with Gasteiger partial charge in [0.25, 0.3) is 0 Å². The second-order valence-electron chi connectivity index (χ2n) is 7.22. The number of halogens is 4. The number of aromatic amines is 1. The van der Waals surface area contributed by atoms with E-state index >= 15 is 0 Å². The third-order valence-corrected chi connectivity index (χ3v) is 4.83. The van der Waals surface area contributed by atoms with Gasteiger partial charge in [0.2, 0.25) is 0 Å². The van der Waals surface area contributed by atoms with E-state index in [9.17, 15) is 22.4 Å². The van der Waals surface area contributed by atoms with E-state index in [-0.39, 0.29) is 11.7 Å². The van der Waals surface area contributed by atoms with Gasteiger partial charge in [0.15, 0.2) is 6.61 Å². The first-order valence-electron chi connectivity index (χ1n) is 10.2. The van der Waals surface area contributed by atoms with E-state index in [1.165, 1.54) is 12.1 Å². The van der Waals surface area contributed by atoms with Crippen molar-refractivity contribution < 1.29 is 31.8 Å². The molecule has 0 amide bonds. The Bertz CT molecular complexity index is 1050. The molecule has 0 aliphatic rings. The van der Waals surface area contributed by atoms with Crippen molar-refractivity contribution in [1.82, 2.24) is 10.3 Å². The smallest absolute Gasteiger partial charge is 0.340 e. The van der Waals surface area contributed by atoms with E-state index in [0.29, 0.717) is 25.3 Å². The number of hydrogen-bond donors (Lipinski definition) is 2. The summed E-state index contributed by atoms with van der Waals surface area (Å²) in [4.78, 5) is 15.0. The van der Waals surface area contributed by atoms with Crippen molar-refractivity contribution in [3.63, 3.8) is 0 Å². The molecule has 2 aromatic carbocycles. The molecule has 5 nitrogen and oxygen atoms in total. The van der Waals surface area contributed by atoms with Crippen LogP contribution in [0.3, 0.4) is 0 Å². The number of benzene rings is 2. The summed E-state index contributed by atoms with van der Waals surface area (Å²) in [6.45, 7) is 1.79. The fourth-order valence-corrected chi connectivity index (χ4v) is 3.18. The molecule has 0 aliphatic carbocycles. The Morgan fingerprint density at radius 3 is 2.75 bits per heavy atom. The van der Waals surface area contributed by atoms with E-state index in [1.54, 1.807) is 31.2 Å². The summed E-state index contributed by atoms with van der Waals surface area (Å²) < 4.78 is 60.3. The van der Waals surface area contributed by atoms with Crippen LogP contribution in [0.15, 0.2) is 48.7 Å². The largest absolute Gasteiger partial charge is 0.487 e. The van der Waals surface area contributed by atoms with Gasteiger partial charge in [-0.15, -0.1) is 0 Å². The molecule has 1 heterocycles. The first-order valence-corrected chi connectivity index (χ1v) is 10.2. The minimum atomic E-state index is -4.19. The zero-order chi connectivity index (χ0) is 23.1. The maximum atomic E-state index is 13.0. The average Bonchev–Trinajstić information content (AvgIpc) is 3.18. The van der Waals surface area contributed by atoms with Crippen molar-refractivity contribution in [1.29, 1.82) is 0 Å². The summed E-state index contributed by atoms with van der Waals surface area (Å²) in [6.07, 6.45) is -1.16. The van der Waals surface area contributed by atoms with Crippen LogP contribution in [0.5, 0.6) is 5.75 Å². The van der Waals surface area contributed by atoms with E-state index in [0.717, 1.165) is 28.5 Å². The van der Waals surface area contributed by atoms with Crippen LogP contribution in [0.25, 0.3) is 10.9 Å². The van der Waals surface area contributed by atoms with Crippen molar-refractivity contribution in [2.45, 2.75) is 32.2 Å². The fraction of sp³-hybridized carbons (Fsp3) is 0.348. The first kappa shape index (κ1) is 23.6. The molecule has 0 bridgehead atoms. The number of esters is 1. The zero-order valence-corrected chi connectivity index (χ0v) is 17.5. The Kier molecular flexibility index (Phi) is 7.74. The monoisotopic (exact) mass is 452 g/mol. The lowest BCUT2D eigenvalue weighted by molar-refractivity contribution is -0.148. The average molecular weight is 452 g/mol. The number of carbonyl (C=O) groups excluding carboxylic acids is 1. The SMILES string of the molecule is CCOC(=O)c1ccc2c(CCNCc3cccc(OCC(F)(F)C(F)F)c3)c[nH]c2c1. The van der Waals surface area contributed by atoms with Crippen LogP contribution < -0.4 is 10.1 Å². The number of ether oxygens (including phenoxy) is 2. The van der Waals surface area contributed by atoms with Crippen LogP contribution in [-0.4, -0.2) is 43.1 Å². The first-order chi connectivity index (χ1) is 15.3. The van der Waals surface area contributed by atoms with Crippen molar-refractivity contribution in [2.75, 3.05) is 19.8 Å². The number of fused-ring (bicyclic) bond motifs is 1. The highest BCUT2D eigenvalue weighted by Gasteiger charge is 2.41. The number of rotatable bonds is 11. The van der Waals surface area contributed by atoms with Gasteiger partial charge in [0.1, 0.15) is 5.75 Å². The maximum absolute atomic E-state index is 13.0. The van der Waals surface area contributed by atoms with E-state index in [1.807, 2.05) is 12.3 Å². The predicted molar refractivity (Wildman–Crippen MR) is 113 cm³/mol. The molecule has 0 saturated heterocycles. The lowest BCUT2D eigenvalue weighted by atomic mass is 10.1. The van der Waals surface area contributed by atoms with Crippen LogP contribution in [0, 0.1) is 0 Å². The lowest BCUT2D eigenvalue weighted by Gasteiger charge is -2.16. The standard InChI is InChI=1S/C23H24F4N2O3/c1-2-31-21(30)16-6-7-19-17(13-29-20(19)11-16)8-9-28-12-15-4-3-5-18(10-15)32-14-23(26,27)22(24)25/h3-7,10-11,13,22,28-29H,2,8-9,12,14H2,1H3. The Hall–Kier alpha value is -3.07. The lowest BCUT2D eigenvalue weighted by Crippen LogP contribution is -2.33. The number of H-pyrrole nitrogens is 1. The van der Waals surface area contributed by atoms with Gasteiger partial charge in [-0.25, -0.2) is 13.6 Å². The van der Waals surface area contributed by atoms with Crippen LogP contribution >= 0.6 is 0 Å². The Morgan fingerprint density at radius 1 is 1.19 bits per heavy atom. The molecule has 32 heavy (non-hydrogen) atoms. The zero-order valence-electron chi connectivity index (χ0n) is 17.5. The summed E-state index contributed by atoms with van der Waals surface area (Å²) in [6, 6.07) is 11.8. The summed E-state index contributed by atoms with van der Waals surface area (Å²) in [7, 11) is 0. The van der Waals surface area contributed by atoms with Crippen LogP contribution in [0.1, 0.15) is 28.4 Å². The van der Waals surface area contributed by atoms with Crippen molar-refractivity contribution in [3.8, 4) is 5.75 Å². The van der Waals surface area contributed by atoms with Crippen molar-refractivity contribution >= 4 is 16.9 Å². The molecule has 3 rings (SSSR count). The molecule has 0 atom stereocenters. The molecular formula is C23H24F4N2O3. The number of carbonyl (C=O) groups is 1. The van der Waals surface area contributed by atoms with Crippen LogP contribution in [0.4, 0.5) is 17.6 Å². The van der Waals surface area contributed by atoms with Gasteiger partial charge in [-0.1, -0.05) is 18.2 Å². The quantitative estimate of drug-likeness (QED) is 0.245. The second kappa shape index (κ2) is 10.5. The van der Waals surface area contributed by atoms with Gasteiger partial charge < -0.3 is 19.8 Å². The molecule has 1 aromatic heterocycles. The third kappa shape index (κ3) is 6.00. The summed E-state index contributed by atoms with van der Waals surface area (Å²) >= 11 is 0. The molecule has 0 saturated carbocycles. The summed E-state index contributed by atoms with van der Waals surface area (Å²) in [5.41, 5.74) is 3.19. The minimum absolute atomic E-state index is 0.110. The molecule has 3 aromatic rings. The van der Waals surface area contributed by atoms with E-state index < -0.39 is 19.0 Å². The molecule has 0 radical (unpaired) electrons. The fourth-order valence-electron chi connectivity index (χ4n) is 3.18. The predicted octanol–water partition coefficient (Wildman–Crippen LogP) is 4.96. The van der Waals surface area contributed by atoms with Gasteiger partial charge in [0.05, 0.1) is 12.2 Å². The highest BCUT2D eigenvalue weighted by Crippen LogP contribution is 2.25. The number of alkyl halides is 4. The second-order valence-corrected chi connectivity index (χ2v) is 7.22. The molecule has 2 N–H and O–H groups in total. The number of nitrogens with one attached hydrogen (secondary N) is 2. The van der Waals surface area contributed by atoms with E-state index in [2.05, 4.69) is 10.3 Å². The highest BCUT2D eigenvalue weighted by atomic mass is 19.3. The number of aromatic nitrogens is 1. The Balaban J connectivity index is 1.51. The topological polar surface area (TPSA) is 63.4 Å². The van der Waals surface area contributed by atoms with Gasteiger partial charge in [0, 0.05) is 23.6 Å². The maximum Gasteiger partial charge on any atom is 0.340 e. The van der Waals surface area contributed by atoms with E-state index in [4.69, 9.17) is 9.47 Å². The van der Waals surface area contributed by atoms with Crippen molar-refractivity contribution in [2.24, 2.45) is 0 Å². The van der Waals surface area contributed by atoms with Gasteiger partial charge in [-0.2, -0.15) is 8.78 Å². The van der Waals surface area contributed by atoms with Crippen LogP contribution in [-0.2, 0) is 17.7 Å². The molecular weight excluding hydrogens is 428 g/mol. The molecule has 0 unspecified atom stereocenters. The Labute approximate surface area is 182 Å². The number of hydrogen-bond acceptors (Lipinski definition) is 4. The van der Waals surface area contributed by atoms with Gasteiger partial charge in [-0.3, -0.25) is 0 Å². The Morgan fingerprint density at radius 2 is 2.00 bits per heavy atom. The normalized spacial score (nSPS) is 11.8. The van der Waals surface area contributed by atoms with Gasteiger partial charge >= 0.3 is 18.3 Å². The summed E-state index contributed by atoms with van der Waals surface area (Å²) in [5, 5.41) is 4.27. The third-order valence-electron chi connectivity index (χ3n) is 4.83. The summed E-state index contributed by atoms with van der Waals surface area (Å²) in [5.74, 6) is -4.44. The molecule has 9 heteroatoms. The molecule has 172 valence electrons. The van der Waals surface area contributed by atoms with Crippen LogP contribution in [0.2, 0.25) is 0 Å².